The van der Waals surface area contributed by atoms with E-state index in [0.717, 1.165) is 68.5 Å². The molecule has 7 rings (SSSR count). The molecule has 2 fully saturated rings. The summed E-state index contributed by atoms with van der Waals surface area (Å²) in [6.45, 7) is 6.41. The molecule has 6 heteroatoms. The monoisotopic (exact) mass is 502 g/mol. The standard InChI is InChI=1S/C32H34N6/c1-22-31(23-7-3-2-4-8-23)36-32(35-22)24-11-17-37(18-12-24)29-10-14-33-28-20-26(19-27(28)29)25-9-13-34-30(21-25)38-15-5-6-16-38/h2-4,7-10,13-14,19,21,24H,5-6,11-12,15-18,20H2,1H3,(H,35,36). The van der Waals surface area contributed by atoms with Crippen molar-refractivity contribution in [1.82, 2.24) is 19.9 Å². The minimum Gasteiger partial charge on any atom is -0.371 e. The number of hydrogen-bond donors (Lipinski definition) is 1. The molecular weight excluding hydrogens is 468 g/mol. The molecule has 0 spiro atoms. The van der Waals surface area contributed by atoms with Gasteiger partial charge in [-0.25, -0.2) is 9.97 Å². The third-order valence-corrected chi connectivity index (χ3v) is 8.45. The molecule has 6 nitrogen and oxygen atoms in total. The number of nitrogens with zero attached hydrogens (tertiary/aromatic N) is 5. The second-order valence-corrected chi connectivity index (χ2v) is 10.9. The molecule has 1 aliphatic carbocycles. The topological polar surface area (TPSA) is 60.9 Å². The van der Waals surface area contributed by atoms with E-state index >= 15 is 0 Å². The lowest BCUT2D eigenvalue weighted by molar-refractivity contribution is 0.488. The van der Waals surface area contributed by atoms with Crippen molar-refractivity contribution in [1.29, 1.82) is 0 Å². The Morgan fingerprint density at radius 2 is 1.63 bits per heavy atom. The van der Waals surface area contributed by atoms with Crippen molar-refractivity contribution in [2.45, 2.75) is 44.9 Å². The normalized spacial score (nSPS) is 17.7. The lowest BCUT2D eigenvalue weighted by Crippen LogP contribution is -2.33. The highest BCUT2D eigenvalue weighted by Crippen LogP contribution is 2.39. The van der Waals surface area contributed by atoms with Crippen molar-refractivity contribution in [3.63, 3.8) is 0 Å². The predicted octanol–water partition coefficient (Wildman–Crippen LogP) is 6.26. The number of benzene rings is 1. The number of piperidine rings is 1. The van der Waals surface area contributed by atoms with E-state index in [1.165, 1.54) is 46.5 Å². The molecule has 4 aromatic rings. The highest BCUT2D eigenvalue weighted by atomic mass is 15.2. The summed E-state index contributed by atoms with van der Waals surface area (Å²) in [6, 6.07) is 17.1. The minimum atomic E-state index is 0.462. The summed E-state index contributed by atoms with van der Waals surface area (Å²) in [7, 11) is 0. The zero-order chi connectivity index (χ0) is 25.5. The molecule has 1 N–H and O–H groups in total. The number of aromatic amines is 1. The number of aryl methyl sites for hydroxylation is 1. The van der Waals surface area contributed by atoms with Crippen LogP contribution < -0.4 is 9.80 Å². The number of imidazole rings is 1. The van der Waals surface area contributed by atoms with E-state index < -0.39 is 0 Å². The first kappa shape index (κ1) is 23.2. The van der Waals surface area contributed by atoms with E-state index in [-0.39, 0.29) is 0 Å². The maximum absolute atomic E-state index is 5.04. The zero-order valence-corrected chi connectivity index (χ0v) is 22.0. The number of hydrogen-bond acceptors (Lipinski definition) is 5. The number of aromatic nitrogens is 4. The summed E-state index contributed by atoms with van der Waals surface area (Å²) >= 11 is 0. The zero-order valence-electron chi connectivity index (χ0n) is 22.0. The van der Waals surface area contributed by atoms with Crippen LogP contribution in [0.25, 0.3) is 22.9 Å². The van der Waals surface area contributed by atoms with Crippen LogP contribution in [0, 0.1) is 6.92 Å². The molecule has 0 amide bonds. The van der Waals surface area contributed by atoms with Gasteiger partial charge >= 0.3 is 0 Å². The van der Waals surface area contributed by atoms with Crippen LogP contribution in [0.1, 0.15) is 59.9 Å². The van der Waals surface area contributed by atoms with Gasteiger partial charge in [0, 0.05) is 73.4 Å². The second-order valence-electron chi connectivity index (χ2n) is 10.9. The second kappa shape index (κ2) is 9.75. The van der Waals surface area contributed by atoms with Gasteiger partial charge in [-0.1, -0.05) is 30.3 Å². The lowest BCUT2D eigenvalue weighted by Gasteiger charge is -2.33. The quantitative estimate of drug-likeness (QED) is 0.349. The molecule has 38 heavy (non-hydrogen) atoms. The Labute approximate surface area is 224 Å². The average Bonchev–Trinajstić information content (AvgIpc) is 3.74. The predicted molar refractivity (Wildman–Crippen MR) is 154 cm³/mol. The Morgan fingerprint density at radius 3 is 2.45 bits per heavy atom. The van der Waals surface area contributed by atoms with Gasteiger partial charge in [-0.05, 0) is 68.0 Å². The fourth-order valence-electron chi connectivity index (χ4n) is 6.36. The van der Waals surface area contributed by atoms with Crippen LogP contribution >= 0.6 is 0 Å². The van der Waals surface area contributed by atoms with Crippen LogP contribution in [0.3, 0.4) is 0 Å². The summed E-state index contributed by atoms with van der Waals surface area (Å²) in [5, 5.41) is 0. The van der Waals surface area contributed by atoms with Crippen LogP contribution in [0.4, 0.5) is 11.5 Å². The molecule has 192 valence electrons. The summed E-state index contributed by atoms with van der Waals surface area (Å²) in [6.07, 6.45) is 11.9. The average molecular weight is 503 g/mol. The van der Waals surface area contributed by atoms with Crippen molar-refractivity contribution in [2.24, 2.45) is 0 Å². The first-order chi connectivity index (χ1) is 18.7. The fourth-order valence-corrected chi connectivity index (χ4v) is 6.36. The molecule has 2 aliphatic heterocycles. The largest absolute Gasteiger partial charge is 0.371 e. The molecule has 0 unspecified atom stereocenters. The summed E-state index contributed by atoms with van der Waals surface area (Å²) < 4.78 is 0. The highest BCUT2D eigenvalue weighted by Gasteiger charge is 2.27. The minimum absolute atomic E-state index is 0.462. The molecule has 0 radical (unpaired) electrons. The highest BCUT2D eigenvalue weighted by molar-refractivity contribution is 5.92. The van der Waals surface area contributed by atoms with Crippen molar-refractivity contribution >= 4 is 23.2 Å². The van der Waals surface area contributed by atoms with Gasteiger partial charge < -0.3 is 14.8 Å². The SMILES string of the molecule is Cc1[nH]c(C2CCN(c3ccnc4c3C=C(c3ccnc(N5CCCC5)c3)C4)CC2)nc1-c1ccccc1. The molecule has 5 heterocycles. The summed E-state index contributed by atoms with van der Waals surface area (Å²) in [4.78, 5) is 23.0. The number of rotatable bonds is 5. The Kier molecular flexibility index (Phi) is 5.95. The number of pyridine rings is 2. The molecule has 0 bridgehead atoms. The number of fused-ring (bicyclic) bond motifs is 1. The number of nitrogens with one attached hydrogen (secondary N) is 1. The summed E-state index contributed by atoms with van der Waals surface area (Å²) in [5.41, 5.74) is 9.83. The molecule has 0 atom stereocenters. The van der Waals surface area contributed by atoms with E-state index in [2.05, 4.69) is 81.3 Å². The van der Waals surface area contributed by atoms with Crippen LogP contribution in [-0.2, 0) is 6.42 Å². The van der Waals surface area contributed by atoms with Crippen LogP contribution in [0.5, 0.6) is 0 Å². The molecule has 3 aliphatic rings. The summed E-state index contributed by atoms with van der Waals surface area (Å²) in [5.74, 6) is 2.70. The maximum atomic E-state index is 5.04. The van der Waals surface area contributed by atoms with Gasteiger partial charge in [0.15, 0.2) is 0 Å². The first-order valence-electron chi connectivity index (χ1n) is 14.0. The molecule has 1 aromatic carbocycles. The third-order valence-electron chi connectivity index (χ3n) is 8.45. The van der Waals surface area contributed by atoms with Crippen molar-refractivity contribution < 1.29 is 0 Å². The van der Waals surface area contributed by atoms with E-state index in [0.29, 0.717) is 5.92 Å². The Balaban J connectivity index is 1.08. The molecule has 2 saturated heterocycles. The van der Waals surface area contributed by atoms with Gasteiger partial charge in [0.25, 0.3) is 0 Å². The smallest absolute Gasteiger partial charge is 0.129 e. The number of H-pyrrole nitrogens is 1. The first-order valence-corrected chi connectivity index (χ1v) is 14.0. The Hall–Kier alpha value is -3.93. The van der Waals surface area contributed by atoms with E-state index in [1.807, 2.05) is 12.4 Å². The fraction of sp³-hybridized carbons (Fsp3) is 0.344. The number of anilines is 2. The Bertz CT molecular complexity index is 1470. The van der Waals surface area contributed by atoms with Gasteiger partial charge in [0.05, 0.1) is 11.4 Å². The van der Waals surface area contributed by atoms with Crippen molar-refractivity contribution in [3.8, 4) is 11.3 Å². The van der Waals surface area contributed by atoms with Gasteiger partial charge in [0.2, 0.25) is 0 Å². The van der Waals surface area contributed by atoms with Gasteiger partial charge in [-0.3, -0.25) is 4.98 Å². The van der Waals surface area contributed by atoms with Crippen molar-refractivity contribution in [3.05, 3.63) is 89.3 Å². The van der Waals surface area contributed by atoms with E-state index in [9.17, 15) is 0 Å². The third kappa shape index (κ3) is 4.28. The lowest BCUT2D eigenvalue weighted by atomic mass is 9.95. The molecular formula is C32H34N6. The van der Waals surface area contributed by atoms with E-state index in [1.54, 1.807) is 0 Å². The van der Waals surface area contributed by atoms with E-state index in [4.69, 9.17) is 9.97 Å². The van der Waals surface area contributed by atoms with Crippen LogP contribution in [0.2, 0.25) is 0 Å². The number of allylic oxidation sites excluding steroid dienone is 1. The molecule has 0 saturated carbocycles. The van der Waals surface area contributed by atoms with Gasteiger partial charge in [-0.15, -0.1) is 0 Å². The molecule has 3 aromatic heterocycles. The Morgan fingerprint density at radius 1 is 0.842 bits per heavy atom. The van der Waals surface area contributed by atoms with Crippen LogP contribution in [0.15, 0.2) is 60.9 Å². The maximum Gasteiger partial charge on any atom is 0.129 e. The van der Waals surface area contributed by atoms with Crippen LogP contribution in [-0.4, -0.2) is 46.1 Å². The van der Waals surface area contributed by atoms with Gasteiger partial charge in [0.1, 0.15) is 11.6 Å². The van der Waals surface area contributed by atoms with Gasteiger partial charge in [-0.2, -0.15) is 0 Å². The van der Waals surface area contributed by atoms with Crippen molar-refractivity contribution in [2.75, 3.05) is 36.0 Å².